The van der Waals surface area contributed by atoms with Gasteiger partial charge in [0.1, 0.15) is 11.6 Å². The summed E-state index contributed by atoms with van der Waals surface area (Å²) in [4.78, 5) is 28.7. The van der Waals surface area contributed by atoms with Crippen LogP contribution in [0.4, 0.5) is 9.52 Å². The van der Waals surface area contributed by atoms with E-state index in [1.165, 1.54) is 30.6 Å². The van der Waals surface area contributed by atoms with Crippen molar-refractivity contribution < 1.29 is 18.7 Å². The molecule has 134 valence electrons. The van der Waals surface area contributed by atoms with E-state index in [2.05, 4.69) is 10.3 Å². The zero-order valence-electron chi connectivity index (χ0n) is 14.3. The first-order valence-electron chi connectivity index (χ1n) is 8.00. The molecule has 1 N–H and O–H groups in total. The van der Waals surface area contributed by atoms with Crippen molar-refractivity contribution in [2.24, 2.45) is 0 Å². The number of methoxy groups -OCH3 is 1. The van der Waals surface area contributed by atoms with Gasteiger partial charge in [0.25, 0.3) is 0 Å². The molecule has 3 rings (SSSR count). The number of ether oxygens (including phenoxy) is 1. The third kappa shape index (κ3) is 4.05. The zero-order chi connectivity index (χ0) is 18.7. The average molecular weight is 372 g/mol. The zero-order valence-corrected chi connectivity index (χ0v) is 15.2. The maximum Gasteiger partial charge on any atom is 0.226 e. The predicted molar refractivity (Wildman–Crippen MR) is 99.5 cm³/mol. The van der Waals surface area contributed by atoms with E-state index in [-0.39, 0.29) is 30.3 Å². The molecule has 3 aromatic rings. The Morgan fingerprint density at radius 2 is 2.00 bits per heavy atom. The number of ketones is 1. The minimum Gasteiger partial charge on any atom is -0.496 e. The van der Waals surface area contributed by atoms with Crippen molar-refractivity contribution in [1.29, 1.82) is 0 Å². The number of hydrogen-bond acceptors (Lipinski definition) is 5. The number of nitrogens with zero attached hydrogens (tertiary/aromatic N) is 1. The van der Waals surface area contributed by atoms with E-state index in [1.54, 1.807) is 18.2 Å². The molecule has 0 radical (unpaired) electrons. The number of amides is 1. The molecule has 0 saturated carbocycles. The van der Waals surface area contributed by atoms with E-state index in [9.17, 15) is 14.0 Å². The number of thiazole rings is 1. The van der Waals surface area contributed by atoms with Gasteiger partial charge < -0.3 is 10.1 Å². The highest BCUT2D eigenvalue weighted by Gasteiger charge is 2.15. The summed E-state index contributed by atoms with van der Waals surface area (Å²) in [6.07, 6.45) is 0.0887. The van der Waals surface area contributed by atoms with Crippen LogP contribution in [0, 0.1) is 12.7 Å². The summed E-state index contributed by atoms with van der Waals surface area (Å²) in [5.74, 6) is -0.331. The molecule has 0 aliphatic carbocycles. The second-order valence-corrected chi connectivity index (χ2v) is 6.84. The van der Waals surface area contributed by atoms with Gasteiger partial charge in [-0.05, 0) is 37.3 Å². The largest absolute Gasteiger partial charge is 0.496 e. The van der Waals surface area contributed by atoms with Gasteiger partial charge in [0.2, 0.25) is 5.91 Å². The van der Waals surface area contributed by atoms with Crippen LogP contribution in [0.5, 0.6) is 5.75 Å². The molecular weight excluding hydrogens is 355 g/mol. The molecule has 26 heavy (non-hydrogen) atoms. The Balaban J connectivity index is 1.63. The van der Waals surface area contributed by atoms with Gasteiger partial charge in [-0.15, -0.1) is 0 Å². The number of rotatable bonds is 6. The SMILES string of the molecule is COc1ccc(C)cc1C(=O)CCC(=O)Nc1nc2ccc(F)cc2s1. The highest BCUT2D eigenvalue weighted by molar-refractivity contribution is 7.22. The van der Waals surface area contributed by atoms with Crippen molar-refractivity contribution in [1.82, 2.24) is 4.98 Å². The fraction of sp³-hybridized carbons (Fsp3) is 0.211. The van der Waals surface area contributed by atoms with Crippen LogP contribution in [0.2, 0.25) is 0 Å². The lowest BCUT2D eigenvalue weighted by atomic mass is 10.0. The van der Waals surface area contributed by atoms with Gasteiger partial charge in [-0.1, -0.05) is 23.0 Å². The lowest BCUT2D eigenvalue weighted by Crippen LogP contribution is -2.13. The number of aryl methyl sites for hydroxylation is 1. The van der Waals surface area contributed by atoms with Crippen LogP contribution in [-0.4, -0.2) is 23.8 Å². The number of carbonyl (C=O) groups is 2. The Morgan fingerprint density at radius 3 is 2.77 bits per heavy atom. The molecule has 0 aliphatic rings. The quantitative estimate of drug-likeness (QED) is 0.653. The first-order chi connectivity index (χ1) is 12.5. The van der Waals surface area contributed by atoms with Crippen LogP contribution in [0.15, 0.2) is 36.4 Å². The second kappa shape index (κ2) is 7.61. The third-order valence-electron chi connectivity index (χ3n) is 3.83. The van der Waals surface area contributed by atoms with Crippen molar-refractivity contribution in [2.45, 2.75) is 19.8 Å². The summed E-state index contributed by atoms with van der Waals surface area (Å²) in [5.41, 5.74) is 2.03. The molecule has 0 fully saturated rings. The summed E-state index contributed by atoms with van der Waals surface area (Å²) in [5, 5.41) is 3.05. The molecule has 0 saturated heterocycles. The lowest BCUT2D eigenvalue weighted by Gasteiger charge is -2.08. The summed E-state index contributed by atoms with van der Waals surface area (Å²) in [6, 6.07) is 9.60. The van der Waals surface area contributed by atoms with Gasteiger partial charge in [0.05, 0.1) is 22.9 Å². The third-order valence-corrected chi connectivity index (χ3v) is 4.76. The first-order valence-corrected chi connectivity index (χ1v) is 8.81. The number of fused-ring (bicyclic) bond motifs is 1. The molecule has 0 unspecified atom stereocenters. The van der Waals surface area contributed by atoms with E-state index in [1.807, 2.05) is 13.0 Å². The smallest absolute Gasteiger partial charge is 0.226 e. The molecule has 7 heteroatoms. The molecule has 0 bridgehead atoms. The summed E-state index contributed by atoms with van der Waals surface area (Å²) in [7, 11) is 1.50. The van der Waals surface area contributed by atoms with Crippen LogP contribution in [0.25, 0.3) is 10.2 Å². The Hall–Kier alpha value is -2.80. The van der Waals surface area contributed by atoms with Crippen molar-refractivity contribution in [3.8, 4) is 5.75 Å². The predicted octanol–water partition coefficient (Wildman–Crippen LogP) is 4.35. The topological polar surface area (TPSA) is 68.3 Å². The number of benzene rings is 2. The maximum absolute atomic E-state index is 13.2. The number of Topliss-reactive ketones (excluding diaryl/α,β-unsaturated/α-hetero) is 1. The lowest BCUT2D eigenvalue weighted by molar-refractivity contribution is -0.116. The summed E-state index contributed by atoms with van der Waals surface area (Å²) >= 11 is 1.19. The molecule has 0 aliphatic heterocycles. The molecule has 5 nitrogen and oxygen atoms in total. The van der Waals surface area contributed by atoms with E-state index in [0.717, 1.165) is 5.56 Å². The number of aromatic nitrogens is 1. The second-order valence-electron chi connectivity index (χ2n) is 5.81. The van der Waals surface area contributed by atoms with Crippen LogP contribution < -0.4 is 10.1 Å². The van der Waals surface area contributed by atoms with E-state index < -0.39 is 0 Å². The average Bonchev–Trinajstić information content (AvgIpc) is 3.00. The number of carbonyl (C=O) groups excluding carboxylic acids is 2. The van der Waals surface area contributed by atoms with Gasteiger partial charge in [0, 0.05) is 12.8 Å². The van der Waals surface area contributed by atoms with Gasteiger partial charge in [-0.25, -0.2) is 9.37 Å². The molecule has 1 amide bonds. The Kier molecular flexibility index (Phi) is 5.27. The minimum absolute atomic E-state index is 0.0280. The molecule has 1 heterocycles. The molecule has 0 spiro atoms. The Morgan fingerprint density at radius 1 is 1.19 bits per heavy atom. The van der Waals surface area contributed by atoms with E-state index >= 15 is 0 Å². The van der Waals surface area contributed by atoms with Crippen LogP contribution in [0.3, 0.4) is 0 Å². The van der Waals surface area contributed by atoms with Crippen molar-refractivity contribution in [3.63, 3.8) is 0 Å². The normalized spacial score (nSPS) is 10.7. The number of nitrogens with one attached hydrogen (secondary N) is 1. The van der Waals surface area contributed by atoms with Gasteiger partial charge in [0.15, 0.2) is 10.9 Å². The monoisotopic (exact) mass is 372 g/mol. The van der Waals surface area contributed by atoms with Crippen molar-refractivity contribution in [2.75, 3.05) is 12.4 Å². The summed E-state index contributed by atoms with van der Waals surface area (Å²) in [6.45, 7) is 1.89. The van der Waals surface area contributed by atoms with Crippen LogP contribution >= 0.6 is 11.3 Å². The van der Waals surface area contributed by atoms with Gasteiger partial charge >= 0.3 is 0 Å². The number of halogens is 1. The number of anilines is 1. The van der Waals surface area contributed by atoms with Crippen LogP contribution in [-0.2, 0) is 4.79 Å². The van der Waals surface area contributed by atoms with E-state index in [4.69, 9.17) is 4.74 Å². The summed E-state index contributed by atoms with van der Waals surface area (Å²) < 4.78 is 19.1. The Bertz CT molecular complexity index is 984. The molecular formula is C19H17FN2O3S. The van der Waals surface area contributed by atoms with Crippen molar-refractivity contribution >= 4 is 38.4 Å². The maximum atomic E-state index is 13.2. The van der Waals surface area contributed by atoms with Gasteiger partial charge in [-0.3, -0.25) is 9.59 Å². The minimum atomic E-state index is -0.350. The molecule has 0 atom stereocenters. The standard InChI is InChI=1S/C19H17FN2O3S/c1-11-3-7-16(25-2)13(9-11)15(23)6-8-18(24)22-19-21-14-5-4-12(20)10-17(14)26-19/h3-5,7,9-10H,6,8H2,1-2H3,(H,21,22,24). The van der Waals surface area contributed by atoms with Gasteiger partial charge in [-0.2, -0.15) is 0 Å². The molecule has 2 aromatic carbocycles. The fourth-order valence-electron chi connectivity index (χ4n) is 2.54. The fourth-order valence-corrected chi connectivity index (χ4v) is 3.44. The van der Waals surface area contributed by atoms with Crippen LogP contribution in [0.1, 0.15) is 28.8 Å². The first kappa shape index (κ1) is 18.0. The highest BCUT2D eigenvalue weighted by Crippen LogP contribution is 2.27. The van der Waals surface area contributed by atoms with Crippen molar-refractivity contribution in [3.05, 3.63) is 53.3 Å². The highest BCUT2D eigenvalue weighted by atomic mass is 32.1. The number of hydrogen-bond donors (Lipinski definition) is 1. The molecule has 1 aromatic heterocycles. The van der Waals surface area contributed by atoms with E-state index in [0.29, 0.717) is 26.7 Å². The Labute approximate surface area is 153 Å².